The molecule has 0 atom stereocenters. The summed E-state index contributed by atoms with van der Waals surface area (Å²) < 4.78 is 28.5. The molecule has 0 radical (unpaired) electrons. The molecule has 2 aromatic rings. The molecule has 36 heavy (non-hydrogen) atoms. The number of hydrogen-bond acceptors (Lipinski definition) is 6. The van der Waals surface area contributed by atoms with Gasteiger partial charge in [0.05, 0.1) is 29.7 Å². The summed E-state index contributed by atoms with van der Waals surface area (Å²) in [4.78, 5) is 22.7. The fourth-order valence-corrected chi connectivity index (χ4v) is 3.49. The standard InChI is InChI=1S/C22H24ClF2N5O.C3H6.CH4O/c1-2-3-8-27-21-10-20(18(25)13-29-21)30-9-7-19(14(11-26)22(30)31)28-12-15-16(23)5-4-6-17(15)24;1-2-3-1;1-2/h4-6,10-11,13H,2-3,7-9,12,26H2,1H3,(H,27,29);1-3H2;2H,1H3/b14-11+,28-19?;;. The van der Waals surface area contributed by atoms with Gasteiger partial charge in [0.2, 0.25) is 0 Å². The minimum absolute atomic E-state index is 0.0272. The van der Waals surface area contributed by atoms with Gasteiger partial charge in [-0.3, -0.25) is 9.79 Å². The third kappa shape index (κ3) is 8.27. The van der Waals surface area contributed by atoms with Crippen LogP contribution in [0.3, 0.4) is 0 Å². The number of aromatic nitrogens is 1. The number of aliphatic hydroxyl groups is 1. The van der Waals surface area contributed by atoms with Crippen molar-refractivity contribution in [2.24, 2.45) is 10.7 Å². The van der Waals surface area contributed by atoms with Crippen LogP contribution in [0, 0.1) is 11.6 Å². The number of aliphatic hydroxyl groups excluding tert-OH is 1. The Labute approximate surface area is 216 Å². The molecule has 1 aliphatic heterocycles. The maximum Gasteiger partial charge on any atom is 0.261 e. The van der Waals surface area contributed by atoms with Crippen molar-refractivity contribution in [2.45, 2.75) is 52.0 Å². The molecule has 1 saturated heterocycles. The number of amides is 1. The second kappa shape index (κ2) is 15.2. The maximum absolute atomic E-state index is 14.5. The van der Waals surface area contributed by atoms with Crippen molar-refractivity contribution in [3.63, 3.8) is 0 Å². The van der Waals surface area contributed by atoms with E-state index in [1.807, 2.05) is 0 Å². The van der Waals surface area contributed by atoms with Crippen molar-refractivity contribution in [3.8, 4) is 0 Å². The van der Waals surface area contributed by atoms with Crippen LogP contribution in [-0.2, 0) is 11.3 Å². The smallest absolute Gasteiger partial charge is 0.261 e. The first-order chi connectivity index (χ1) is 17.5. The zero-order valence-corrected chi connectivity index (χ0v) is 21.5. The summed E-state index contributed by atoms with van der Waals surface area (Å²) >= 11 is 6.05. The van der Waals surface area contributed by atoms with Crippen LogP contribution >= 0.6 is 11.6 Å². The number of carbonyl (C=O) groups is 1. The highest BCUT2D eigenvalue weighted by atomic mass is 35.5. The molecule has 7 nitrogen and oxygen atoms in total. The van der Waals surface area contributed by atoms with Crippen molar-refractivity contribution in [3.05, 3.63) is 64.5 Å². The second-order valence-corrected chi connectivity index (χ2v) is 8.52. The molecule has 0 spiro atoms. The molecule has 2 aliphatic rings. The Balaban J connectivity index is 0.000000829. The molecule has 1 aliphatic carbocycles. The molecule has 2 heterocycles. The molecule has 2 fully saturated rings. The van der Waals surface area contributed by atoms with Gasteiger partial charge in [-0.05, 0) is 18.6 Å². The van der Waals surface area contributed by atoms with Gasteiger partial charge in [0.15, 0.2) is 5.82 Å². The maximum atomic E-state index is 14.5. The quantitative estimate of drug-likeness (QED) is 0.342. The Morgan fingerprint density at radius 3 is 2.58 bits per heavy atom. The number of benzene rings is 1. The molecule has 0 bridgehead atoms. The molecule has 196 valence electrons. The number of piperidine rings is 1. The zero-order chi connectivity index (χ0) is 26.5. The van der Waals surface area contributed by atoms with Gasteiger partial charge >= 0.3 is 0 Å². The molecule has 0 unspecified atom stereocenters. The number of nitrogens with zero attached hydrogens (tertiary/aromatic N) is 3. The number of nitrogens with two attached hydrogens (primary N) is 1. The minimum atomic E-state index is -0.607. The summed E-state index contributed by atoms with van der Waals surface area (Å²) in [5.41, 5.74) is 6.63. The Bertz CT molecular complexity index is 1050. The van der Waals surface area contributed by atoms with Crippen LogP contribution in [0.15, 0.2) is 47.2 Å². The van der Waals surface area contributed by atoms with Crippen molar-refractivity contribution in [2.75, 3.05) is 30.4 Å². The fourth-order valence-electron chi connectivity index (χ4n) is 3.27. The Hall–Kier alpha value is -3.04. The lowest BCUT2D eigenvalue weighted by Gasteiger charge is -2.30. The molecular formula is C26H34ClF2N5O2. The summed E-state index contributed by atoms with van der Waals surface area (Å²) in [5.74, 6) is -1.06. The molecule has 4 N–H and O–H groups in total. The van der Waals surface area contributed by atoms with Crippen LogP contribution in [-0.4, -0.2) is 41.9 Å². The van der Waals surface area contributed by atoms with Gasteiger partial charge in [-0.1, -0.05) is 50.3 Å². The minimum Gasteiger partial charge on any atom is -0.404 e. The van der Waals surface area contributed by atoms with Crippen molar-refractivity contribution in [1.29, 1.82) is 0 Å². The molecule has 1 aromatic heterocycles. The Morgan fingerprint density at radius 2 is 1.97 bits per heavy atom. The van der Waals surface area contributed by atoms with E-state index in [9.17, 15) is 13.6 Å². The first kappa shape index (κ1) is 29.2. The number of anilines is 2. The van der Waals surface area contributed by atoms with Gasteiger partial charge in [-0.25, -0.2) is 13.8 Å². The molecular weight excluding hydrogens is 488 g/mol. The van der Waals surface area contributed by atoms with Gasteiger partial charge in [-0.2, -0.15) is 0 Å². The van der Waals surface area contributed by atoms with Gasteiger partial charge in [0, 0.05) is 49.5 Å². The van der Waals surface area contributed by atoms with Crippen LogP contribution < -0.4 is 16.0 Å². The predicted molar refractivity (Wildman–Crippen MR) is 141 cm³/mol. The third-order valence-corrected chi connectivity index (χ3v) is 5.69. The van der Waals surface area contributed by atoms with E-state index in [0.717, 1.165) is 32.3 Å². The highest BCUT2D eigenvalue weighted by Gasteiger charge is 2.31. The van der Waals surface area contributed by atoms with Crippen LogP contribution in [0.2, 0.25) is 5.02 Å². The largest absolute Gasteiger partial charge is 0.404 e. The molecule has 1 amide bonds. The SMILES string of the molecule is C1CC1.CCCCNc1cc(N2CCC(=NCc3c(F)cccc3Cl)/C(=C\N)C2=O)c(F)cn1.CO. The van der Waals surface area contributed by atoms with Crippen molar-refractivity contribution in [1.82, 2.24) is 4.98 Å². The monoisotopic (exact) mass is 521 g/mol. The van der Waals surface area contributed by atoms with Crippen LogP contribution in [0.25, 0.3) is 0 Å². The van der Waals surface area contributed by atoms with Gasteiger partial charge in [0.25, 0.3) is 5.91 Å². The van der Waals surface area contributed by atoms with Crippen LogP contribution in [0.5, 0.6) is 0 Å². The average molecular weight is 522 g/mol. The van der Waals surface area contributed by atoms with Gasteiger partial charge in [-0.15, -0.1) is 0 Å². The van der Waals surface area contributed by atoms with E-state index in [1.165, 1.54) is 42.4 Å². The highest BCUT2D eigenvalue weighted by molar-refractivity contribution is 6.31. The van der Waals surface area contributed by atoms with Crippen LogP contribution in [0.1, 0.15) is 51.0 Å². The van der Waals surface area contributed by atoms with E-state index in [2.05, 4.69) is 22.2 Å². The third-order valence-electron chi connectivity index (χ3n) is 5.33. The van der Waals surface area contributed by atoms with E-state index in [0.29, 0.717) is 24.5 Å². The number of rotatable bonds is 7. The van der Waals surface area contributed by atoms with E-state index >= 15 is 0 Å². The summed E-state index contributed by atoms with van der Waals surface area (Å²) in [6.07, 6.45) is 9.03. The normalized spacial score (nSPS) is 16.7. The van der Waals surface area contributed by atoms with Gasteiger partial charge in [0.1, 0.15) is 11.6 Å². The highest BCUT2D eigenvalue weighted by Crippen LogP contribution is 2.28. The van der Waals surface area contributed by atoms with Crippen molar-refractivity contribution >= 4 is 34.7 Å². The van der Waals surface area contributed by atoms with E-state index < -0.39 is 17.5 Å². The van der Waals surface area contributed by atoms with Crippen LogP contribution in [0.4, 0.5) is 20.3 Å². The Kier molecular flexibility index (Phi) is 12.3. The number of carbonyl (C=O) groups excluding carboxylic acids is 1. The fraction of sp³-hybridized carbons (Fsp3) is 0.423. The number of nitrogens with one attached hydrogen (secondary N) is 1. The lowest BCUT2D eigenvalue weighted by Crippen LogP contribution is -2.42. The summed E-state index contributed by atoms with van der Waals surface area (Å²) in [6.45, 7) is 2.94. The van der Waals surface area contributed by atoms with Gasteiger partial charge < -0.3 is 21.1 Å². The summed E-state index contributed by atoms with van der Waals surface area (Å²) in [5, 5.41) is 10.4. The lowest BCUT2D eigenvalue weighted by atomic mass is 10.0. The summed E-state index contributed by atoms with van der Waals surface area (Å²) in [6, 6.07) is 5.90. The number of aliphatic imine (C=N–C) groups is 1. The predicted octanol–water partition coefficient (Wildman–Crippen LogP) is 5.22. The molecule has 4 rings (SSSR count). The zero-order valence-electron chi connectivity index (χ0n) is 20.7. The number of unbranched alkanes of at least 4 members (excludes halogenated alkanes) is 1. The first-order valence-corrected chi connectivity index (χ1v) is 12.4. The number of pyridine rings is 1. The van der Waals surface area contributed by atoms with Crippen molar-refractivity contribution < 1.29 is 18.7 Å². The summed E-state index contributed by atoms with van der Waals surface area (Å²) in [7, 11) is 1.00. The average Bonchev–Trinajstić information content (AvgIpc) is 3.76. The number of hydrogen-bond donors (Lipinski definition) is 3. The lowest BCUT2D eigenvalue weighted by molar-refractivity contribution is -0.114. The second-order valence-electron chi connectivity index (χ2n) is 8.11. The topological polar surface area (TPSA) is 104 Å². The number of halogens is 3. The Morgan fingerprint density at radius 1 is 1.25 bits per heavy atom. The van der Waals surface area contributed by atoms with E-state index in [4.69, 9.17) is 22.4 Å². The van der Waals surface area contributed by atoms with E-state index in [1.54, 1.807) is 6.07 Å². The van der Waals surface area contributed by atoms with E-state index in [-0.39, 0.29) is 34.9 Å². The first-order valence-electron chi connectivity index (χ1n) is 12.0. The molecule has 1 saturated carbocycles. The molecule has 10 heteroatoms. The molecule has 1 aromatic carbocycles.